The minimum absolute atomic E-state index is 0.523. The van der Waals surface area contributed by atoms with Crippen molar-refractivity contribution >= 4 is 6.01 Å². The third kappa shape index (κ3) is 2.18. The largest absolute Gasteiger partial charge is 0.338 e. The molecule has 13 heavy (non-hydrogen) atoms. The summed E-state index contributed by atoms with van der Waals surface area (Å²) in [5.74, 6) is 1.39. The maximum absolute atomic E-state index is 5.35. The highest BCUT2D eigenvalue weighted by Crippen LogP contribution is 2.38. The molecule has 5 nitrogen and oxygen atoms in total. The summed E-state index contributed by atoms with van der Waals surface area (Å²) >= 11 is 0. The topological polar surface area (TPSA) is 77.0 Å². The van der Waals surface area contributed by atoms with Crippen LogP contribution in [-0.4, -0.2) is 23.2 Å². The van der Waals surface area contributed by atoms with Crippen LogP contribution in [0.4, 0.5) is 6.01 Å². The van der Waals surface area contributed by atoms with Crippen LogP contribution in [0, 0.1) is 0 Å². The smallest absolute Gasteiger partial charge is 0.321 e. The number of hydrogen-bond donors (Lipinski definition) is 2. The third-order valence-corrected chi connectivity index (χ3v) is 2.04. The fourth-order valence-electron chi connectivity index (χ4n) is 1.11. The molecule has 0 bridgehead atoms. The summed E-state index contributed by atoms with van der Waals surface area (Å²) in [5.41, 5.74) is 5.35. The molecule has 0 radical (unpaired) electrons. The molecule has 1 fully saturated rings. The molecule has 1 aromatic heterocycles. The number of hydrogen-bond acceptors (Lipinski definition) is 5. The van der Waals surface area contributed by atoms with Crippen LogP contribution in [-0.2, 0) is 0 Å². The SMILES string of the molecule is NCCCNc1nc(C2CC2)no1. The molecule has 0 atom stereocenters. The fraction of sp³-hybridized carbons (Fsp3) is 0.750. The average molecular weight is 182 g/mol. The van der Waals surface area contributed by atoms with Crippen LogP contribution in [0.25, 0.3) is 0 Å². The van der Waals surface area contributed by atoms with Gasteiger partial charge in [0.1, 0.15) is 0 Å². The predicted molar refractivity (Wildman–Crippen MR) is 48.4 cm³/mol. The van der Waals surface area contributed by atoms with Crippen LogP contribution in [0.2, 0.25) is 0 Å². The number of nitrogens with two attached hydrogens (primary N) is 1. The third-order valence-electron chi connectivity index (χ3n) is 2.04. The van der Waals surface area contributed by atoms with Crippen molar-refractivity contribution in [3.05, 3.63) is 5.82 Å². The van der Waals surface area contributed by atoms with Gasteiger partial charge < -0.3 is 15.6 Å². The first-order valence-electron chi connectivity index (χ1n) is 4.67. The summed E-state index contributed by atoms with van der Waals surface area (Å²) in [6, 6.07) is 0.523. The molecular formula is C8H14N4O. The summed E-state index contributed by atoms with van der Waals surface area (Å²) in [6.45, 7) is 1.47. The molecular weight excluding hydrogens is 168 g/mol. The van der Waals surface area contributed by atoms with E-state index in [1.165, 1.54) is 12.8 Å². The second-order valence-electron chi connectivity index (χ2n) is 3.30. The Labute approximate surface area is 76.7 Å². The normalized spacial score (nSPS) is 16.1. The van der Waals surface area contributed by atoms with Gasteiger partial charge >= 0.3 is 6.01 Å². The Balaban J connectivity index is 1.82. The Kier molecular flexibility index (Phi) is 2.44. The van der Waals surface area contributed by atoms with Gasteiger partial charge in [-0.05, 0) is 25.8 Å². The second kappa shape index (κ2) is 3.74. The van der Waals surface area contributed by atoms with E-state index in [9.17, 15) is 0 Å². The number of rotatable bonds is 5. The fourth-order valence-corrected chi connectivity index (χ4v) is 1.11. The zero-order valence-corrected chi connectivity index (χ0v) is 7.49. The van der Waals surface area contributed by atoms with Gasteiger partial charge in [-0.2, -0.15) is 4.98 Å². The van der Waals surface area contributed by atoms with Gasteiger partial charge in [0.2, 0.25) is 0 Å². The quantitative estimate of drug-likeness (QED) is 0.656. The number of anilines is 1. The van der Waals surface area contributed by atoms with Crippen molar-refractivity contribution in [3.8, 4) is 0 Å². The molecule has 0 spiro atoms. The summed E-state index contributed by atoms with van der Waals surface area (Å²) in [6.07, 6.45) is 3.31. The van der Waals surface area contributed by atoms with Crippen LogP contribution in [0.1, 0.15) is 31.0 Å². The lowest BCUT2D eigenvalue weighted by Gasteiger charge is -1.96. The molecule has 72 valence electrons. The molecule has 5 heteroatoms. The molecule has 3 N–H and O–H groups in total. The Morgan fingerprint density at radius 3 is 3.08 bits per heavy atom. The molecule has 1 saturated carbocycles. The second-order valence-corrected chi connectivity index (χ2v) is 3.30. The molecule has 1 aliphatic carbocycles. The van der Waals surface area contributed by atoms with Crippen molar-refractivity contribution in [1.82, 2.24) is 10.1 Å². The van der Waals surface area contributed by atoms with E-state index in [0.29, 0.717) is 18.5 Å². The molecule has 1 aromatic rings. The Hall–Kier alpha value is -1.10. The summed E-state index contributed by atoms with van der Waals surface area (Å²) < 4.78 is 5.00. The summed E-state index contributed by atoms with van der Waals surface area (Å²) in [5, 5.41) is 6.91. The van der Waals surface area contributed by atoms with Crippen molar-refractivity contribution in [3.63, 3.8) is 0 Å². The lowest BCUT2D eigenvalue weighted by Crippen LogP contribution is -2.08. The first kappa shape index (κ1) is 8.50. The van der Waals surface area contributed by atoms with E-state index in [1.807, 2.05) is 0 Å². The number of aromatic nitrogens is 2. The van der Waals surface area contributed by atoms with Crippen molar-refractivity contribution in [1.29, 1.82) is 0 Å². The summed E-state index contributed by atoms with van der Waals surface area (Å²) in [4.78, 5) is 4.21. The highest BCUT2D eigenvalue weighted by molar-refractivity contribution is 5.20. The van der Waals surface area contributed by atoms with Gasteiger partial charge in [-0.3, -0.25) is 0 Å². The first-order valence-corrected chi connectivity index (χ1v) is 4.67. The van der Waals surface area contributed by atoms with Gasteiger partial charge in [0, 0.05) is 12.5 Å². The van der Waals surface area contributed by atoms with Crippen molar-refractivity contribution < 1.29 is 4.52 Å². The zero-order chi connectivity index (χ0) is 9.10. The van der Waals surface area contributed by atoms with E-state index >= 15 is 0 Å². The molecule has 1 heterocycles. The van der Waals surface area contributed by atoms with E-state index in [-0.39, 0.29) is 0 Å². The maximum Gasteiger partial charge on any atom is 0.321 e. The minimum Gasteiger partial charge on any atom is -0.338 e. The van der Waals surface area contributed by atoms with Gasteiger partial charge in [0.15, 0.2) is 5.82 Å². The van der Waals surface area contributed by atoms with E-state index in [0.717, 1.165) is 18.8 Å². The lowest BCUT2D eigenvalue weighted by molar-refractivity contribution is 0.422. The van der Waals surface area contributed by atoms with Gasteiger partial charge in [-0.1, -0.05) is 5.16 Å². The van der Waals surface area contributed by atoms with Crippen molar-refractivity contribution in [2.24, 2.45) is 5.73 Å². The van der Waals surface area contributed by atoms with Gasteiger partial charge in [-0.25, -0.2) is 0 Å². The van der Waals surface area contributed by atoms with E-state index in [2.05, 4.69) is 15.5 Å². The highest BCUT2D eigenvalue weighted by Gasteiger charge is 2.28. The lowest BCUT2D eigenvalue weighted by atomic mass is 10.4. The molecule has 0 aliphatic heterocycles. The molecule has 0 saturated heterocycles. The standard InChI is InChI=1S/C8H14N4O/c9-4-1-5-10-8-11-7(12-13-8)6-2-3-6/h6H,1-5,9H2,(H,10,11,12). The molecule has 0 aromatic carbocycles. The Bertz CT molecular complexity index is 269. The monoisotopic (exact) mass is 182 g/mol. The van der Waals surface area contributed by atoms with Crippen molar-refractivity contribution in [2.75, 3.05) is 18.4 Å². The van der Waals surface area contributed by atoms with E-state index in [1.54, 1.807) is 0 Å². The van der Waals surface area contributed by atoms with E-state index < -0.39 is 0 Å². The van der Waals surface area contributed by atoms with Crippen molar-refractivity contribution in [2.45, 2.75) is 25.2 Å². The first-order chi connectivity index (χ1) is 6.40. The maximum atomic E-state index is 5.35. The van der Waals surface area contributed by atoms with Crippen LogP contribution in [0.5, 0.6) is 0 Å². The molecule has 1 aliphatic rings. The Morgan fingerprint density at radius 1 is 1.54 bits per heavy atom. The number of nitrogens with one attached hydrogen (secondary N) is 1. The summed E-state index contributed by atoms with van der Waals surface area (Å²) in [7, 11) is 0. The molecule has 0 unspecified atom stereocenters. The highest BCUT2D eigenvalue weighted by atomic mass is 16.5. The van der Waals surface area contributed by atoms with Crippen LogP contribution in [0.3, 0.4) is 0 Å². The molecule has 0 amide bonds. The van der Waals surface area contributed by atoms with Crippen LogP contribution >= 0.6 is 0 Å². The average Bonchev–Trinajstić information content (AvgIpc) is 2.88. The van der Waals surface area contributed by atoms with Gasteiger partial charge in [0.25, 0.3) is 0 Å². The van der Waals surface area contributed by atoms with Crippen LogP contribution < -0.4 is 11.1 Å². The Morgan fingerprint density at radius 2 is 2.38 bits per heavy atom. The van der Waals surface area contributed by atoms with Gasteiger partial charge in [-0.15, -0.1) is 0 Å². The van der Waals surface area contributed by atoms with Crippen LogP contribution in [0.15, 0.2) is 4.52 Å². The zero-order valence-electron chi connectivity index (χ0n) is 7.49. The minimum atomic E-state index is 0.523. The van der Waals surface area contributed by atoms with E-state index in [4.69, 9.17) is 10.3 Å². The van der Waals surface area contributed by atoms with Gasteiger partial charge in [0.05, 0.1) is 0 Å². The predicted octanol–water partition coefficient (Wildman–Crippen LogP) is 0.708. The number of nitrogens with zero attached hydrogens (tertiary/aromatic N) is 2. The molecule has 2 rings (SSSR count).